The van der Waals surface area contributed by atoms with Crippen LogP contribution in [0.4, 0.5) is 0 Å². The minimum Gasteiger partial charge on any atom is -0.338 e. The molecule has 118 valence electrons. The molecule has 1 amide bonds. The minimum atomic E-state index is 0.0676. The highest BCUT2D eigenvalue weighted by atomic mass is 32.1. The van der Waals surface area contributed by atoms with E-state index in [4.69, 9.17) is 5.73 Å². The van der Waals surface area contributed by atoms with Crippen LogP contribution >= 0.6 is 11.3 Å². The average Bonchev–Trinajstić information content (AvgIpc) is 3.15. The number of aryl methyl sites for hydroxylation is 1. The molecule has 2 atom stereocenters. The molecule has 0 spiro atoms. The number of piperidine rings is 1. The number of amides is 1. The van der Waals surface area contributed by atoms with E-state index < -0.39 is 0 Å². The number of carbonyl (C=O) groups excluding carboxylic acids is 1. The van der Waals surface area contributed by atoms with Crippen LogP contribution in [0.25, 0.3) is 10.6 Å². The Kier molecular flexibility index (Phi) is 4.26. The molecule has 2 aromatic heterocycles. The Morgan fingerprint density at radius 2 is 2.32 bits per heavy atom. The molecule has 0 aliphatic carbocycles. The van der Waals surface area contributed by atoms with Crippen LogP contribution in [-0.2, 0) is 7.05 Å². The zero-order valence-electron chi connectivity index (χ0n) is 12.9. The molecule has 6 nitrogen and oxygen atoms in total. The number of hydrogen-bond donors (Lipinski definition) is 1. The van der Waals surface area contributed by atoms with Gasteiger partial charge in [0.2, 0.25) is 0 Å². The normalized spacial score (nSPS) is 20.1. The number of hydrogen-bond acceptors (Lipinski definition) is 5. The average molecular weight is 319 g/mol. The van der Waals surface area contributed by atoms with Gasteiger partial charge in [-0.1, -0.05) is 0 Å². The summed E-state index contributed by atoms with van der Waals surface area (Å²) in [4.78, 5) is 19.6. The number of nitrogens with two attached hydrogens (primary N) is 1. The molecule has 1 aliphatic rings. The molecule has 3 rings (SSSR count). The van der Waals surface area contributed by atoms with Crippen LogP contribution in [0.3, 0.4) is 0 Å². The maximum atomic E-state index is 12.7. The van der Waals surface area contributed by atoms with Gasteiger partial charge in [-0.2, -0.15) is 5.10 Å². The van der Waals surface area contributed by atoms with E-state index in [1.54, 1.807) is 17.1 Å². The van der Waals surface area contributed by atoms with Gasteiger partial charge in [0, 0.05) is 37.9 Å². The van der Waals surface area contributed by atoms with Gasteiger partial charge in [0.05, 0.1) is 12.4 Å². The summed E-state index contributed by atoms with van der Waals surface area (Å²) in [5.41, 5.74) is 6.94. The third-order valence-electron chi connectivity index (χ3n) is 4.16. The molecule has 0 saturated carbocycles. The molecule has 7 heteroatoms. The molecule has 22 heavy (non-hydrogen) atoms. The van der Waals surface area contributed by atoms with Crippen LogP contribution in [-0.4, -0.2) is 44.7 Å². The lowest BCUT2D eigenvalue weighted by atomic mass is 9.92. The molecule has 3 heterocycles. The van der Waals surface area contributed by atoms with Gasteiger partial charge in [-0.15, -0.1) is 11.3 Å². The summed E-state index contributed by atoms with van der Waals surface area (Å²) in [6.07, 6.45) is 7.46. The molecule has 2 aromatic rings. The van der Waals surface area contributed by atoms with E-state index in [1.165, 1.54) is 11.3 Å². The first-order chi connectivity index (χ1) is 10.5. The van der Waals surface area contributed by atoms with Crippen molar-refractivity contribution in [1.29, 1.82) is 0 Å². The van der Waals surface area contributed by atoms with Crippen LogP contribution in [0.1, 0.15) is 29.4 Å². The summed E-state index contributed by atoms with van der Waals surface area (Å²) in [6, 6.07) is 0.128. The topological polar surface area (TPSA) is 77.0 Å². The summed E-state index contributed by atoms with van der Waals surface area (Å²) < 4.78 is 1.73. The third kappa shape index (κ3) is 3.05. The molecule has 2 N–H and O–H groups in total. The van der Waals surface area contributed by atoms with E-state index in [1.807, 2.05) is 25.1 Å². The Hall–Kier alpha value is -1.73. The van der Waals surface area contributed by atoms with Gasteiger partial charge in [-0.25, -0.2) is 4.98 Å². The fraction of sp³-hybridized carbons (Fsp3) is 0.533. The molecule has 1 fully saturated rings. The molecule has 1 saturated heterocycles. The minimum absolute atomic E-state index is 0.0676. The summed E-state index contributed by atoms with van der Waals surface area (Å²) in [5.74, 6) is 0.460. The lowest BCUT2D eigenvalue weighted by molar-refractivity contribution is 0.0665. The van der Waals surface area contributed by atoms with Crippen molar-refractivity contribution in [1.82, 2.24) is 19.7 Å². The van der Waals surface area contributed by atoms with Crippen molar-refractivity contribution in [3.63, 3.8) is 0 Å². The lowest BCUT2D eigenvalue weighted by Crippen LogP contribution is -2.44. The van der Waals surface area contributed by atoms with Gasteiger partial charge in [0.15, 0.2) is 0 Å². The number of likely N-dealkylation sites (tertiary alicyclic amines) is 1. The maximum Gasteiger partial charge on any atom is 0.265 e. The van der Waals surface area contributed by atoms with Gasteiger partial charge in [0.25, 0.3) is 5.91 Å². The first-order valence-corrected chi connectivity index (χ1v) is 8.36. The zero-order chi connectivity index (χ0) is 15.7. The number of carbonyl (C=O) groups is 1. The quantitative estimate of drug-likeness (QED) is 0.935. The molecular weight excluding hydrogens is 298 g/mol. The Morgan fingerprint density at radius 3 is 3.00 bits per heavy atom. The van der Waals surface area contributed by atoms with Crippen LogP contribution < -0.4 is 5.73 Å². The predicted octanol–water partition coefficient (Wildman–Crippen LogP) is 1.74. The molecular formula is C15H21N5OS. The standard InChI is InChI=1S/C15H21N5OS/c1-10(16)11-4-3-5-20(9-11)15(21)13-7-17-14(22-13)12-6-18-19(2)8-12/h6-8,10-11H,3-5,9,16H2,1-2H3/t10-,11-/m0/s1. The van der Waals surface area contributed by atoms with Crippen molar-refractivity contribution in [3.8, 4) is 10.6 Å². The second-order valence-corrected chi connectivity index (χ2v) is 6.98. The fourth-order valence-corrected chi connectivity index (χ4v) is 3.68. The van der Waals surface area contributed by atoms with E-state index in [9.17, 15) is 4.79 Å². The zero-order valence-corrected chi connectivity index (χ0v) is 13.7. The Balaban J connectivity index is 1.74. The van der Waals surface area contributed by atoms with Crippen molar-refractivity contribution in [2.24, 2.45) is 18.7 Å². The van der Waals surface area contributed by atoms with Gasteiger partial charge in [-0.3, -0.25) is 9.48 Å². The van der Waals surface area contributed by atoms with Crippen molar-refractivity contribution in [3.05, 3.63) is 23.5 Å². The first kappa shape index (κ1) is 15.2. The Labute approximate surface area is 133 Å². The second kappa shape index (κ2) is 6.18. The van der Waals surface area contributed by atoms with Gasteiger partial charge in [-0.05, 0) is 25.7 Å². The van der Waals surface area contributed by atoms with Crippen LogP contribution in [0.2, 0.25) is 0 Å². The summed E-state index contributed by atoms with van der Waals surface area (Å²) in [7, 11) is 1.87. The molecule has 0 unspecified atom stereocenters. The highest BCUT2D eigenvalue weighted by molar-refractivity contribution is 7.16. The van der Waals surface area contributed by atoms with Crippen LogP contribution in [0.5, 0.6) is 0 Å². The number of rotatable bonds is 3. The molecule has 0 radical (unpaired) electrons. The van der Waals surface area contributed by atoms with Crippen molar-refractivity contribution >= 4 is 17.2 Å². The smallest absolute Gasteiger partial charge is 0.265 e. The maximum absolute atomic E-state index is 12.7. The van der Waals surface area contributed by atoms with E-state index >= 15 is 0 Å². The van der Waals surface area contributed by atoms with Gasteiger partial charge >= 0.3 is 0 Å². The van der Waals surface area contributed by atoms with E-state index in [0.29, 0.717) is 10.8 Å². The Bertz CT molecular complexity index is 662. The second-order valence-electron chi connectivity index (χ2n) is 5.94. The van der Waals surface area contributed by atoms with Gasteiger partial charge < -0.3 is 10.6 Å². The number of thiazole rings is 1. The van der Waals surface area contributed by atoms with Crippen LogP contribution in [0.15, 0.2) is 18.6 Å². The first-order valence-electron chi connectivity index (χ1n) is 7.54. The lowest BCUT2D eigenvalue weighted by Gasteiger charge is -2.34. The van der Waals surface area contributed by atoms with Crippen molar-refractivity contribution in [2.45, 2.75) is 25.8 Å². The van der Waals surface area contributed by atoms with Gasteiger partial charge in [0.1, 0.15) is 9.88 Å². The van der Waals surface area contributed by atoms with Crippen molar-refractivity contribution < 1.29 is 4.79 Å². The highest BCUT2D eigenvalue weighted by Crippen LogP contribution is 2.27. The monoisotopic (exact) mass is 319 g/mol. The van der Waals surface area contributed by atoms with E-state index in [0.717, 1.165) is 36.5 Å². The van der Waals surface area contributed by atoms with E-state index in [-0.39, 0.29) is 11.9 Å². The fourth-order valence-electron chi connectivity index (χ4n) is 2.82. The van der Waals surface area contributed by atoms with E-state index in [2.05, 4.69) is 10.1 Å². The summed E-state index contributed by atoms with van der Waals surface area (Å²) in [6.45, 7) is 3.57. The summed E-state index contributed by atoms with van der Waals surface area (Å²) >= 11 is 1.42. The molecule has 0 aromatic carbocycles. The van der Waals surface area contributed by atoms with Crippen molar-refractivity contribution in [2.75, 3.05) is 13.1 Å². The van der Waals surface area contributed by atoms with Crippen LogP contribution in [0, 0.1) is 5.92 Å². The largest absolute Gasteiger partial charge is 0.338 e. The number of aromatic nitrogens is 3. The third-order valence-corrected chi connectivity index (χ3v) is 5.19. The SMILES string of the molecule is C[C@H](N)[C@H]1CCCN(C(=O)c2cnc(-c3cnn(C)c3)s2)C1. The Morgan fingerprint density at radius 1 is 1.50 bits per heavy atom. The highest BCUT2D eigenvalue weighted by Gasteiger charge is 2.27. The summed E-state index contributed by atoms with van der Waals surface area (Å²) in [5, 5.41) is 4.97. The predicted molar refractivity (Wildman–Crippen MR) is 86.6 cm³/mol. The molecule has 0 bridgehead atoms. The number of nitrogens with zero attached hydrogens (tertiary/aromatic N) is 4. The molecule has 1 aliphatic heterocycles.